The molecule has 1 aromatic heterocycles. The Labute approximate surface area is 125 Å². The molecule has 0 saturated heterocycles. The van der Waals surface area contributed by atoms with E-state index < -0.39 is 0 Å². The second kappa shape index (κ2) is 6.41. The van der Waals surface area contributed by atoms with Crippen LogP contribution in [0.1, 0.15) is 5.69 Å². The Balaban J connectivity index is 2.19. The second-order valence-electron chi connectivity index (χ2n) is 4.15. The van der Waals surface area contributed by atoms with Crippen molar-refractivity contribution in [3.05, 3.63) is 39.6 Å². The standard InChI is InChI=1S/C13H15BrClN3O/c1-9-8-18(5-6-19-2)13(16-9)17-10-3-4-11(14)12(15)7-10/h3-4,7-8H,5-6H2,1-2H3,(H,16,17). The van der Waals surface area contributed by atoms with E-state index in [-0.39, 0.29) is 0 Å². The molecular weight excluding hydrogens is 330 g/mol. The fourth-order valence-corrected chi connectivity index (χ4v) is 2.14. The lowest BCUT2D eigenvalue weighted by atomic mass is 10.3. The molecule has 0 bridgehead atoms. The van der Waals surface area contributed by atoms with Crippen molar-refractivity contribution in [1.82, 2.24) is 9.55 Å². The molecule has 0 radical (unpaired) electrons. The number of ether oxygens (including phenoxy) is 1. The first-order chi connectivity index (χ1) is 9.10. The normalized spacial score (nSPS) is 10.7. The lowest BCUT2D eigenvalue weighted by Crippen LogP contribution is -2.07. The first-order valence-electron chi connectivity index (χ1n) is 5.85. The Bertz CT molecular complexity index is 571. The summed E-state index contributed by atoms with van der Waals surface area (Å²) in [5.74, 6) is 0.785. The summed E-state index contributed by atoms with van der Waals surface area (Å²) < 4.78 is 7.99. The molecule has 0 aliphatic rings. The van der Waals surface area contributed by atoms with Crippen LogP contribution in [0.4, 0.5) is 11.6 Å². The summed E-state index contributed by atoms with van der Waals surface area (Å²) in [6.45, 7) is 3.36. The van der Waals surface area contributed by atoms with E-state index in [1.807, 2.05) is 35.9 Å². The van der Waals surface area contributed by atoms with Gasteiger partial charge in [0.25, 0.3) is 0 Å². The van der Waals surface area contributed by atoms with Crippen LogP contribution >= 0.6 is 27.5 Å². The third kappa shape index (κ3) is 3.72. The molecule has 0 fully saturated rings. The van der Waals surface area contributed by atoms with Crippen LogP contribution in [0.3, 0.4) is 0 Å². The minimum atomic E-state index is 0.644. The van der Waals surface area contributed by atoms with Gasteiger partial charge in [-0.2, -0.15) is 0 Å². The second-order valence-corrected chi connectivity index (χ2v) is 5.41. The lowest BCUT2D eigenvalue weighted by Gasteiger charge is -2.10. The molecule has 102 valence electrons. The first-order valence-corrected chi connectivity index (χ1v) is 7.02. The SMILES string of the molecule is COCCn1cc(C)nc1Nc1ccc(Br)c(Cl)c1. The summed E-state index contributed by atoms with van der Waals surface area (Å²) in [4.78, 5) is 4.45. The zero-order valence-electron chi connectivity index (χ0n) is 10.8. The van der Waals surface area contributed by atoms with Crippen molar-refractivity contribution in [2.24, 2.45) is 0 Å². The number of nitrogens with zero attached hydrogens (tertiary/aromatic N) is 2. The number of hydrogen-bond donors (Lipinski definition) is 1. The molecule has 1 aromatic carbocycles. The highest BCUT2D eigenvalue weighted by Gasteiger charge is 2.07. The fraction of sp³-hybridized carbons (Fsp3) is 0.308. The van der Waals surface area contributed by atoms with Crippen LogP contribution < -0.4 is 5.32 Å². The molecule has 2 aromatic rings. The third-order valence-electron chi connectivity index (χ3n) is 2.61. The van der Waals surface area contributed by atoms with Crippen molar-refractivity contribution in [1.29, 1.82) is 0 Å². The Morgan fingerprint density at radius 1 is 1.47 bits per heavy atom. The summed E-state index contributed by atoms with van der Waals surface area (Å²) >= 11 is 9.45. The number of aryl methyl sites for hydroxylation is 1. The topological polar surface area (TPSA) is 39.1 Å². The summed E-state index contributed by atoms with van der Waals surface area (Å²) in [5.41, 5.74) is 1.86. The van der Waals surface area contributed by atoms with E-state index in [0.29, 0.717) is 11.6 Å². The van der Waals surface area contributed by atoms with Crippen LogP contribution in [0.25, 0.3) is 0 Å². The fourth-order valence-electron chi connectivity index (χ4n) is 1.71. The van der Waals surface area contributed by atoms with E-state index in [1.165, 1.54) is 0 Å². The molecule has 0 spiro atoms. The molecular formula is C13H15BrClN3O. The molecule has 0 unspecified atom stereocenters. The molecule has 0 aliphatic carbocycles. The molecule has 19 heavy (non-hydrogen) atoms. The van der Waals surface area contributed by atoms with E-state index in [4.69, 9.17) is 16.3 Å². The number of anilines is 2. The van der Waals surface area contributed by atoms with Crippen LogP contribution in [0.15, 0.2) is 28.9 Å². The van der Waals surface area contributed by atoms with Gasteiger partial charge in [0.15, 0.2) is 0 Å². The molecule has 1 N–H and O–H groups in total. The van der Waals surface area contributed by atoms with Gasteiger partial charge in [0.05, 0.1) is 17.3 Å². The summed E-state index contributed by atoms with van der Waals surface area (Å²) in [7, 11) is 1.69. The monoisotopic (exact) mass is 343 g/mol. The third-order valence-corrected chi connectivity index (χ3v) is 3.84. The van der Waals surface area contributed by atoms with Gasteiger partial charge < -0.3 is 14.6 Å². The van der Waals surface area contributed by atoms with Gasteiger partial charge in [0.2, 0.25) is 5.95 Å². The van der Waals surface area contributed by atoms with E-state index >= 15 is 0 Å². The van der Waals surface area contributed by atoms with Crippen LogP contribution in [0, 0.1) is 6.92 Å². The van der Waals surface area contributed by atoms with Crippen molar-refractivity contribution in [2.75, 3.05) is 19.0 Å². The number of halogens is 2. The number of imidazole rings is 1. The molecule has 1 heterocycles. The summed E-state index contributed by atoms with van der Waals surface area (Å²) in [5, 5.41) is 3.92. The lowest BCUT2D eigenvalue weighted by molar-refractivity contribution is 0.188. The predicted molar refractivity (Wildman–Crippen MR) is 81.3 cm³/mol. The minimum Gasteiger partial charge on any atom is -0.383 e. The van der Waals surface area contributed by atoms with Crippen molar-refractivity contribution in [2.45, 2.75) is 13.5 Å². The molecule has 2 rings (SSSR count). The highest BCUT2D eigenvalue weighted by molar-refractivity contribution is 9.10. The highest BCUT2D eigenvalue weighted by Crippen LogP contribution is 2.27. The number of benzene rings is 1. The molecule has 0 saturated carbocycles. The van der Waals surface area contributed by atoms with Gasteiger partial charge in [-0.3, -0.25) is 0 Å². The maximum Gasteiger partial charge on any atom is 0.207 e. The maximum atomic E-state index is 6.07. The van der Waals surface area contributed by atoms with E-state index in [1.54, 1.807) is 7.11 Å². The van der Waals surface area contributed by atoms with E-state index in [2.05, 4.69) is 26.2 Å². The molecule has 0 amide bonds. The summed E-state index contributed by atoms with van der Waals surface area (Å²) in [6, 6.07) is 5.71. The molecule has 6 heteroatoms. The number of nitrogens with one attached hydrogen (secondary N) is 1. The molecule has 0 aliphatic heterocycles. The van der Waals surface area contributed by atoms with Gasteiger partial charge in [0, 0.05) is 30.0 Å². The highest BCUT2D eigenvalue weighted by atomic mass is 79.9. The van der Waals surface area contributed by atoms with Gasteiger partial charge >= 0.3 is 0 Å². The van der Waals surface area contributed by atoms with Crippen molar-refractivity contribution < 1.29 is 4.74 Å². The smallest absolute Gasteiger partial charge is 0.207 e. The van der Waals surface area contributed by atoms with Gasteiger partial charge in [0.1, 0.15) is 0 Å². The zero-order valence-corrected chi connectivity index (χ0v) is 13.1. The van der Waals surface area contributed by atoms with E-state index in [9.17, 15) is 0 Å². The van der Waals surface area contributed by atoms with Crippen LogP contribution in [-0.4, -0.2) is 23.3 Å². The number of aromatic nitrogens is 2. The predicted octanol–water partition coefficient (Wildman–Crippen LogP) is 4.00. The first kappa shape index (κ1) is 14.4. The Hall–Kier alpha value is -1.04. The Kier molecular flexibility index (Phi) is 4.85. The van der Waals surface area contributed by atoms with Gasteiger partial charge in [-0.15, -0.1) is 0 Å². The number of hydrogen-bond acceptors (Lipinski definition) is 3. The molecule has 4 nitrogen and oxygen atoms in total. The summed E-state index contributed by atoms with van der Waals surface area (Å²) in [6.07, 6.45) is 1.99. The Morgan fingerprint density at radius 2 is 2.26 bits per heavy atom. The average molecular weight is 345 g/mol. The van der Waals surface area contributed by atoms with Crippen LogP contribution in [-0.2, 0) is 11.3 Å². The molecule has 0 atom stereocenters. The minimum absolute atomic E-state index is 0.644. The quantitative estimate of drug-likeness (QED) is 0.891. The van der Waals surface area contributed by atoms with Gasteiger partial charge in [-0.25, -0.2) is 4.98 Å². The maximum absolute atomic E-state index is 6.07. The van der Waals surface area contributed by atoms with Crippen molar-refractivity contribution in [3.8, 4) is 0 Å². The largest absolute Gasteiger partial charge is 0.383 e. The van der Waals surface area contributed by atoms with E-state index in [0.717, 1.165) is 28.3 Å². The Morgan fingerprint density at radius 3 is 2.95 bits per heavy atom. The van der Waals surface area contributed by atoms with Crippen LogP contribution in [0.2, 0.25) is 5.02 Å². The van der Waals surface area contributed by atoms with Crippen molar-refractivity contribution >= 4 is 39.2 Å². The van der Waals surface area contributed by atoms with Gasteiger partial charge in [-0.05, 0) is 41.1 Å². The average Bonchev–Trinajstić information content (AvgIpc) is 2.71. The zero-order chi connectivity index (χ0) is 13.8. The van der Waals surface area contributed by atoms with Crippen molar-refractivity contribution in [3.63, 3.8) is 0 Å². The number of methoxy groups -OCH3 is 1. The number of rotatable bonds is 5. The van der Waals surface area contributed by atoms with Gasteiger partial charge in [-0.1, -0.05) is 11.6 Å². The van der Waals surface area contributed by atoms with Crippen LogP contribution in [0.5, 0.6) is 0 Å².